The van der Waals surface area contributed by atoms with E-state index in [0.717, 1.165) is 16.8 Å². The minimum absolute atomic E-state index is 0.205. The van der Waals surface area contributed by atoms with Crippen LogP contribution in [0.5, 0.6) is 0 Å². The second kappa shape index (κ2) is 6.61. The molecule has 0 aliphatic rings. The molecule has 1 N–H and O–H groups in total. The van der Waals surface area contributed by atoms with Gasteiger partial charge in [-0.1, -0.05) is 6.07 Å². The van der Waals surface area contributed by atoms with E-state index in [4.69, 9.17) is 0 Å². The molecule has 3 rings (SSSR count). The maximum absolute atomic E-state index is 12.0. The van der Waals surface area contributed by atoms with Gasteiger partial charge in [-0.05, 0) is 58.8 Å². The van der Waals surface area contributed by atoms with Crippen LogP contribution in [0.2, 0.25) is 0 Å². The smallest absolute Gasteiger partial charge is 0.248 e. The van der Waals surface area contributed by atoms with E-state index in [0.29, 0.717) is 5.69 Å². The Morgan fingerprint density at radius 2 is 2.22 bits per heavy atom. The van der Waals surface area contributed by atoms with Gasteiger partial charge in [0.25, 0.3) is 0 Å². The normalized spacial score (nSPS) is 10.8. The molecule has 0 radical (unpaired) electrons. The second-order valence-corrected chi connectivity index (χ2v) is 4.86. The highest BCUT2D eigenvalue weighted by Gasteiger charge is 2.05. The van der Waals surface area contributed by atoms with Gasteiger partial charge in [0.15, 0.2) is 0 Å². The van der Waals surface area contributed by atoms with Crippen molar-refractivity contribution >= 4 is 17.7 Å². The lowest BCUT2D eigenvalue weighted by Gasteiger charge is -2.08. The summed E-state index contributed by atoms with van der Waals surface area (Å²) in [5.41, 5.74) is 3.39. The highest BCUT2D eigenvalue weighted by atomic mass is 16.1. The van der Waals surface area contributed by atoms with E-state index in [9.17, 15) is 4.79 Å². The van der Waals surface area contributed by atoms with Gasteiger partial charge in [-0.25, -0.2) is 4.68 Å². The third-order valence-electron chi connectivity index (χ3n) is 3.17. The van der Waals surface area contributed by atoms with Crippen molar-refractivity contribution in [3.8, 4) is 5.69 Å². The van der Waals surface area contributed by atoms with E-state index in [1.165, 1.54) is 12.4 Å². The molecule has 0 spiro atoms. The number of carbonyl (C=O) groups excluding carboxylic acids is 1. The number of aromatic nitrogens is 5. The summed E-state index contributed by atoms with van der Waals surface area (Å²) in [5, 5.41) is 13.9. The number of carbonyl (C=O) groups is 1. The van der Waals surface area contributed by atoms with Crippen molar-refractivity contribution in [3.63, 3.8) is 0 Å². The molecule has 2 aromatic heterocycles. The molecule has 7 heteroatoms. The zero-order valence-electron chi connectivity index (χ0n) is 12.4. The molecular formula is C16H14N6O. The summed E-state index contributed by atoms with van der Waals surface area (Å²) in [4.78, 5) is 15.9. The molecule has 0 fully saturated rings. The van der Waals surface area contributed by atoms with E-state index in [1.54, 1.807) is 29.2 Å². The zero-order valence-corrected chi connectivity index (χ0v) is 12.4. The lowest BCUT2D eigenvalue weighted by atomic mass is 10.1. The summed E-state index contributed by atoms with van der Waals surface area (Å²) in [7, 11) is 0. The van der Waals surface area contributed by atoms with Gasteiger partial charge < -0.3 is 5.32 Å². The van der Waals surface area contributed by atoms with Gasteiger partial charge in [0, 0.05) is 24.2 Å². The Morgan fingerprint density at radius 1 is 1.30 bits per heavy atom. The average Bonchev–Trinajstić information content (AvgIpc) is 3.08. The van der Waals surface area contributed by atoms with E-state index < -0.39 is 0 Å². The van der Waals surface area contributed by atoms with Gasteiger partial charge in [0.05, 0.1) is 5.69 Å². The molecule has 3 aromatic rings. The average molecular weight is 306 g/mol. The number of nitrogens with zero attached hydrogens (tertiary/aromatic N) is 5. The quantitative estimate of drug-likeness (QED) is 0.745. The Hall–Kier alpha value is -3.35. The maximum Gasteiger partial charge on any atom is 0.248 e. The fourth-order valence-electron chi connectivity index (χ4n) is 2.09. The van der Waals surface area contributed by atoms with E-state index in [-0.39, 0.29) is 5.91 Å². The topological polar surface area (TPSA) is 85.6 Å². The van der Waals surface area contributed by atoms with Crippen molar-refractivity contribution in [1.82, 2.24) is 25.2 Å². The minimum atomic E-state index is -0.205. The summed E-state index contributed by atoms with van der Waals surface area (Å²) in [6.45, 7) is 1.93. The SMILES string of the molecule is Cc1cc(NC(=O)/C=C/c2cccnc2)ccc1-n1cnnn1. The van der Waals surface area contributed by atoms with Crippen LogP contribution in [0.1, 0.15) is 11.1 Å². The number of benzene rings is 1. The molecule has 0 bridgehead atoms. The van der Waals surface area contributed by atoms with Gasteiger partial charge in [-0.15, -0.1) is 5.10 Å². The fraction of sp³-hybridized carbons (Fsp3) is 0.0625. The Bertz CT molecular complexity index is 827. The number of hydrogen-bond donors (Lipinski definition) is 1. The van der Waals surface area contributed by atoms with E-state index >= 15 is 0 Å². The van der Waals surface area contributed by atoms with Crippen molar-refractivity contribution < 1.29 is 4.79 Å². The highest BCUT2D eigenvalue weighted by Crippen LogP contribution is 2.17. The van der Waals surface area contributed by atoms with Gasteiger partial charge in [0.1, 0.15) is 6.33 Å². The number of tetrazole rings is 1. The number of anilines is 1. The van der Waals surface area contributed by atoms with E-state index in [1.807, 2.05) is 31.2 Å². The molecule has 1 amide bonds. The van der Waals surface area contributed by atoms with Crippen molar-refractivity contribution in [2.45, 2.75) is 6.92 Å². The molecule has 0 saturated carbocycles. The molecule has 7 nitrogen and oxygen atoms in total. The second-order valence-electron chi connectivity index (χ2n) is 4.86. The van der Waals surface area contributed by atoms with Crippen molar-refractivity contribution in [2.24, 2.45) is 0 Å². The predicted octanol–water partition coefficient (Wildman–Crippen LogP) is 2.02. The number of pyridine rings is 1. The van der Waals surface area contributed by atoms with Crippen molar-refractivity contribution in [2.75, 3.05) is 5.32 Å². The van der Waals surface area contributed by atoms with Gasteiger partial charge in [0.2, 0.25) is 5.91 Å². The van der Waals surface area contributed by atoms with Gasteiger partial charge in [-0.3, -0.25) is 9.78 Å². The van der Waals surface area contributed by atoms with Crippen LogP contribution in [0.15, 0.2) is 55.1 Å². The zero-order chi connectivity index (χ0) is 16.1. The molecule has 2 heterocycles. The van der Waals surface area contributed by atoms with Crippen LogP contribution in [0.3, 0.4) is 0 Å². The summed E-state index contributed by atoms with van der Waals surface area (Å²) >= 11 is 0. The van der Waals surface area contributed by atoms with Crippen molar-refractivity contribution in [1.29, 1.82) is 0 Å². The summed E-state index contributed by atoms with van der Waals surface area (Å²) < 4.78 is 1.57. The number of aryl methyl sites for hydroxylation is 1. The molecule has 0 saturated heterocycles. The van der Waals surface area contributed by atoms with Crippen LogP contribution in [0.4, 0.5) is 5.69 Å². The highest BCUT2D eigenvalue weighted by molar-refractivity contribution is 6.02. The molecule has 0 aliphatic carbocycles. The first-order valence-electron chi connectivity index (χ1n) is 6.95. The van der Waals surface area contributed by atoms with Crippen molar-refractivity contribution in [3.05, 3.63) is 66.3 Å². The predicted molar refractivity (Wildman–Crippen MR) is 85.8 cm³/mol. The third kappa shape index (κ3) is 3.65. The Balaban J connectivity index is 1.70. The van der Waals surface area contributed by atoms with Crippen LogP contribution < -0.4 is 5.32 Å². The number of rotatable bonds is 4. The van der Waals surface area contributed by atoms with Crippen LogP contribution in [-0.4, -0.2) is 31.1 Å². The summed E-state index contributed by atoms with van der Waals surface area (Å²) in [6.07, 6.45) is 8.09. The molecule has 0 unspecified atom stereocenters. The van der Waals surface area contributed by atoms with Crippen LogP contribution in [0.25, 0.3) is 11.8 Å². The first-order chi connectivity index (χ1) is 11.2. The lowest BCUT2D eigenvalue weighted by molar-refractivity contribution is -0.111. The first kappa shape index (κ1) is 14.6. The lowest BCUT2D eigenvalue weighted by Crippen LogP contribution is -2.08. The molecule has 114 valence electrons. The number of nitrogens with one attached hydrogen (secondary N) is 1. The monoisotopic (exact) mass is 306 g/mol. The molecule has 0 aliphatic heterocycles. The number of hydrogen-bond acceptors (Lipinski definition) is 5. The molecule has 0 atom stereocenters. The largest absolute Gasteiger partial charge is 0.323 e. The minimum Gasteiger partial charge on any atom is -0.323 e. The third-order valence-corrected chi connectivity index (χ3v) is 3.17. The molecular weight excluding hydrogens is 292 g/mol. The van der Waals surface area contributed by atoms with E-state index in [2.05, 4.69) is 25.8 Å². The number of amides is 1. The maximum atomic E-state index is 12.0. The standard InChI is InChI=1S/C16H14N6O/c1-12-9-14(5-6-15(12)22-11-18-20-21-22)19-16(23)7-4-13-3-2-8-17-10-13/h2-11H,1H3,(H,19,23)/b7-4+. The molecule has 23 heavy (non-hydrogen) atoms. The summed E-state index contributed by atoms with van der Waals surface area (Å²) in [6, 6.07) is 9.22. The Kier molecular flexibility index (Phi) is 4.19. The van der Waals surface area contributed by atoms with Gasteiger partial charge >= 0.3 is 0 Å². The Labute approximate surface area is 132 Å². The van der Waals surface area contributed by atoms with Crippen LogP contribution in [0, 0.1) is 6.92 Å². The first-order valence-corrected chi connectivity index (χ1v) is 6.95. The molecule has 1 aromatic carbocycles. The summed E-state index contributed by atoms with van der Waals surface area (Å²) in [5.74, 6) is -0.205. The van der Waals surface area contributed by atoms with Gasteiger partial charge in [-0.2, -0.15) is 0 Å². The van der Waals surface area contributed by atoms with Crippen LogP contribution in [-0.2, 0) is 4.79 Å². The van der Waals surface area contributed by atoms with Crippen LogP contribution >= 0.6 is 0 Å². The Morgan fingerprint density at radius 3 is 2.91 bits per heavy atom. The fourth-order valence-corrected chi connectivity index (χ4v) is 2.09.